The van der Waals surface area contributed by atoms with Crippen molar-refractivity contribution >= 4 is 23.2 Å². The van der Waals surface area contributed by atoms with Crippen LogP contribution in [0.4, 0.5) is 0 Å². The highest BCUT2D eigenvalue weighted by atomic mass is 35.5. The number of hydrogen-bond donors (Lipinski definition) is 3. The number of aliphatic hydroxyl groups excluding tert-OH is 3. The van der Waals surface area contributed by atoms with Gasteiger partial charge in [-0.05, 0) is 54.3 Å². The van der Waals surface area contributed by atoms with Crippen molar-refractivity contribution in [1.29, 1.82) is 0 Å². The first-order chi connectivity index (χ1) is 13.0. The molecular weight excluding hydrogens is 391 g/mol. The van der Waals surface area contributed by atoms with E-state index < -0.39 is 12.2 Å². The third kappa shape index (κ3) is 6.35. The Morgan fingerprint density at radius 3 is 2.26 bits per heavy atom. The van der Waals surface area contributed by atoms with E-state index in [0.717, 1.165) is 18.2 Å². The van der Waals surface area contributed by atoms with Crippen molar-refractivity contribution in [3.63, 3.8) is 0 Å². The Labute approximate surface area is 169 Å². The Balaban J connectivity index is 0.00000126. The Morgan fingerprint density at radius 1 is 1.04 bits per heavy atom. The normalized spacial score (nSPS) is 21.9. The zero-order valence-corrected chi connectivity index (χ0v) is 16.5. The van der Waals surface area contributed by atoms with Crippen LogP contribution >= 0.6 is 23.2 Å². The van der Waals surface area contributed by atoms with E-state index >= 15 is 0 Å². The highest BCUT2D eigenvalue weighted by Crippen LogP contribution is 2.32. The summed E-state index contributed by atoms with van der Waals surface area (Å²) in [5.74, 6) is 0.698. The molecule has 0 bridgehead atoms. The molecule has 0 amide bonds. The largest absolute Gasteiger partial charge is 0.489 e. The molecule has 1 saturated heterocycles. The van der Waals surface area contributed by atoms with Gasteiger partial charge < -0.3 is 24.8 Å². The van der Waals surface area contributed by atoms with Gasteiger partial charge in [0.25, 0.3) is 0 Å². The summed E-state index contributed by atoms with van der Waals surface area (Å²) in [4.78, 5) is 0. The minimum atomic E-state index is -0.567. The second-order valence-corrected chi connectivity index (χ2v) is 7.01. The maximum atomic E-state index is 10.1. The van der Waals surface area contributed by atoms with E-state index in [0.29, 0.717) is 35.2 Å². The van der Waals surface area contributed by atoms with Gasteiger partial charge in [-0.1, -0.05) is 35.3 Å². The van der Waals surface area contributed by atoms with Gasteiger partial charge >= 0.3 is 0 Å². The van der Waals surface area contributed by atoms with Crippen molar-refractivity contribution in [2.75, 3.05) is 13.7 Å². The summed E-state index contributed by atoms with van der Waals surface area (Å²) in [6.45, 7) is 0.321. The fourth-order valence-electron chi connectivity index (χ4n) is 2.92. The van der Waals surface area contributed by atoms with Crippen molar-refractivity contribution in [1.82, 2.24) is 0 Å². The van der Waals surface area contributed by atoms with Crippen LogP contribution in [0.5, 0.6) is 5.75 Å². The molecule has 1 aliphatic heterocycles. The Kier molecular flexibility index (Phi) is 8.83. The van der Waals surface area contributed by atoms with Crippen LogP contribution in [0.25, 0.3) is 0 Å². The first-order valence-electron chi connectivity index (χ1n) is 8.62. The molecule has 2 aromatic rings. The number of hydrogen-bond acceptors (Lipinski definition) is 5. The van der Waals surface area contributed by atoms with Crippen LogP contribution in [-0.2, 0) is 11.3 Å². The lowest BCUT2D eigenvalue weighted by Crippen LogP contribution is -2.34. The molecule has 3 atom stereocenters. The second-order valence-electron chi connectivity index (χ2n) is 6.14. The molecule has 1 fully saturated rings. The predicted molar refractivity (Wildman–Crippen MR) is 105 cm³/mol. The van der Waals surface area contributed by atoms with Crippen LogP contribution in [0.1, 0.15) is 30.1 Å². The minimum Gasteiger partial charge on any atom is -0.489 e. The highest BCUT2D eigenvalue weighted by molar-refractivity contribution is 6.34. The van der Waals surface area contributed by atoms with Crippen molar-refractivity contribution in [2.45, 2.75) is 37.8 Å². The van der Waals surface area contributed by atoms with Crippen molar-refractivity contribution in [2.24, 2.45) is 0 Å². The fraction of sp³-hybridized carbons (Fsp3) is 0.400. The zero-order chi connectivity index (χ0) is 19.8. The fourth-order valence-corrected chi connectivity index (χ4v) is 3.50. The number of ether oxygens (including phenoxy) is 2. The number of benzene rings is 2. The van der Waals surface area contributed by atoms with Crippen molar-refractivity contribution < 1.29 is 24.8 Å². The molecule has 1 heterocycles. The van der Waals surface area contributed by atoms with Gasteiger partial charge in [0, 0.05) is 17.2 Å². The zero-order valence-electron chi connectivity index (χ0n) is 15.0. The summed E-state index contributed by atoms with van der Waals surface area (Å²) in [5.41, 5.74) is 1.75. The van der Waals surface area contributed by atoms with Gasteiger partial charge in [-0.2, -0.15) is 0 Å². The molecular formula is C20H24Cl2O5. The van der Waals surface area contributed by atoms with Crippen molar-refractivity contribution in [3.8, 4) is 5.75 Å². The van der Waals surface area contributed by atoms with E-state index in [4.69, 9.17) is 37.8 Å². The summed E-state index contributed by atoms with van der Waals surface area (Å²) in [7, 11) is 1.00. The molecule has 0 saturated carbocycles. The lowest BCUT2D eigenvalue weighted by Gasteiger charge is -2.33. The van der Waals surface area contributed by atoms with Crippen LogP contribution in [0.15, 0.2) is 42.5 Å². The summed E-state index contributed by atoms with van der Waals surface area (Å²) >= 11 is 12.0. The smallest absolute Gasteiger partial charge is 0.119 e. The molecule has 0 spiro atoms. The molecule has 0 aliphatic carbocycles. The number of rotatable bonds is 5. The Bertz CT molecular complexity index is 688. The van der Waals surface area contributed by atoms with Crippen LogP contribution in [0, 0.1) is 0 Å². The van der Waals surface area contributed by atoms with Crippen LogP contribution in [-0.4, -0.2) is 41.2 Å². The monoisotopic (exact) mass is 414 g/mol. The average molecular weight is 415 g/mol. The maximum Gasteiger partial charge on any atom is 0.119 e. The third-order valence-corrected chi connectivity index (χ3v) is 4.65. The average Bonchev–Trinajstić information content (AvgIpc) is 2.68. The molecule has 148 valence electrons. The van der Waals surface area contributed by atoms with Gasteiger partial charge in [0.2, 0.25) is 0 Å². The first kappa shape index (κ1) is 22.0. The summed E-state index contributed by atoms with van der Waals surface area (Å²) in [5, 5.41) is 27.5. The molecule has 1 aliphatic rings. The minimum absolute atomic E-state index is 0.0351. The second kappa shape index (κ2) is 10.9. The molecule has 0 aromatic heterocycles. The van der Waals surface area contributed by atoms with Gasteiger partial charge in [-0.3, -0.25) is 0 Å². The van der Waals surface area contributed by atoms with Crippen LogP contribution < -0.4 is 4.74 Å². The molecule has 2 aromatic carbocycles. The van der Waals surface area contributed by atoms with Crippen molar-refractivity contribution in [3.05, 3.63) is 63.6 Å². The Morgan fingerprint density at radius 2 is 1.67 bits per heavy atom. The third-order valence-electron chi connectivity index (χ3n) is 4.21. The van der Waals surface area contributed by atoms with E-state index in [-0.39, 0.29) is 12.7 Å². The predicted octanol–water partition coefficient (Wildman–Crippen LogP) is 3.75. The van der Waals surface area contributed by atoms with E-state index in [2.05, 4.69) is 0 Å². The first-order valence-corrected chi connectivity index (χ1v) is 9.37. The molecule has 7 heteroatoms. The highest BCUT2D eigenvalue weighted by Gasteiger charge is 2.30. The SMILES string of the molecule is CO.OCC1CCC(O)[C@@H](c2ccc(OCc3cc(Cl)cc(Cl)c3)cc2)O1. The van der Waals surface area contributed by atoms with E-state index in [1.54, 1.807) is 6.07 Å². The van der Waals surface area contributed by atoms with Gasteiger partial charge in [-0.25, -0.2) is 0 Å². The van der Waals surface area contributed by atoms with Crippen LogP contribution in [0.3, 0.4) is 0 Å². The quantitative estimate of drug-likeness (QED) is 0.693. The maximum absolute atomic E-state index is 10.1. The van der Waals surface area contributed by atoms with E-state index in [9.17, 15) is 10.2 Å². The summed E-state index contributed by atoms with van der Waals surface area (Å²) in [6.07, 6.45) is 0.0630. The molecule has 27 heavy (non-hydrogen) atoms. The number of halogens is 2. The standard InChI is InChI=1S/C19H20Cl2O4.CH4O/c20-14-7-12(8-15(21)9-14)11-24-16-3-1-13(2-4-16)19-18(23)6-5-17(10-22)25-19;1-2/h1-4,7-9,17-19,22-23H,5-6,10-11H2;2H,1H3/t17?,18?,19-;/m1./s1. The van der Waals surface area contributed by atoms with E-state index in [1.165, 1.54) is 0 Å². The van der Waals surface area contributed by atoms with Gasteiger partial charge in [0.05, 0.1) is 18.8 Å². The van der Waals surface area contributed by atoms with Crippen LogP contribution in [0.2, 0.25) is 10.0 Å². The van der Waals surface area contributed by atoms with Gasteiger partial charge in [0.15, 0.2) is 0 Å². The summed E-state index contributed by atoms with van der Waals surface area (Å²) < 4.78 is 11.5. The Hall–Kier alpha value is -1.34. The number of aliphatic hydroxyl groups is 3. The van der Waals surface area contributed by atoms with Gasteiger partial charge in [-0.15, -0.1) is 0 Å². The van der Waals surface area contributed by atoms with Gasteiger partial charge in [0.1, 0.15) is 18.5 Å². The molecule has 3 rings (SSSR count). The molecule has 3 N–H and O–H groups in total. The van der Waals surface area contributed by atoms with E-state index in [1.807, 2.05) is 36.4 Å². The molecule has 0 radical (unpaired) electrons. The topological polar surface area (TPSA) is 79.2 Å². The lowest BCUT2D eigenvalue weighted by atomic mass is 9.96. The molecule has 5 nitrogen and oxygen atoms in total. The molecule has 2 unspecified atom stereocenters. The lowest BCUT2D eigenvalue weighted by molar-refractivity contribution is -0.132. The summed E-state index contributed by atoms with van der Waals surface area (Å²) in [6, 6.07) is 12.7.